The summed E-state index contributed by atoms with van der Waals surface area (Å²) in [7, 11) is 0. The first-order valence-electron chi connectivity index (χ1n) is 8.26. The molecule has 0 aliphatic heterocycles. The van der Waals surface area contributed by atoms with Crippen LogP contribution in [-0.2, 0) is 13.0 Å². The molecule has 3 aromatic rings. The number of benzene rings is 1. The predicted octanol–water partition coefficient (Wildman–Crippen LogP) is 3.43. The van der Waals surface area contributed by atoms with Crippen LogP contribution in [0, 0.1) is 20.8 Å². The van der Waals surface area contributed by atoms with Crippen molar-refractivity contribution in [2.45, 2.75) is 46.2 Å². The van der Waals surface area contributed by atoms with Crippen molar-refractivity contribution in [1.29, 1.82) is 0 Å². The number of hydrogen-bond acceptors (Lipinski definition) is 3. The number of nitrogens with zero attached hydrogens (tertiary/aromatic N) is 3. The van der Waals surface area contributed by atoms with Crippen molar-refractivity contribution in [3.8, 4) is 0 Å². The predicted molar refractivity (Wildman–Crippen MR) is 91.5 cm³/mol. The van der Waals surface area contributed by atoms with E-state index >= 15 is 0 Å². The van der Waals surface area contributed by atoms with Gasteiger partial charge < -0.3 is 5.32 Å². The van der Waals surface area contributed by atoms with Gasteiger partial charge in [0.05, 0.1) is 11.9 Å². The Kier molecular flexibility index (Phi) is 3.42. The maximum absolute atomic E-state index is 4.51. The molecule has 0 bridgehead atoms. The first kappa shape index (κ1) is 14.4. The van der Waals surface area contributed by atoms with Crippen LogP contribution in [0.3, 0.4) is 0 Å². The lowest BCUT2D eigenvalue weighted by Gasteiger charge is -2.15. The topological polar surface area (TPSA) is 42.2 Å². The largest absolute Gasteiger partial charge is 0.304 e. The molecule has 0 radical (unpaired) electrons. The number of nitrogens with one attached hydrogen (secondary N) is 1. The lowest BCUT2D eigenvalue weighted by molar-refractivity contribution is 0.523. The smallest absolute Gasteiger partial charge is 0.234 e. The van der Waals surface area contributed by atoms with Crippen LogP contribution in [0.5, 0.6) is 0 Å². The van der Waals surface area contributed by atoms with Gasteiger partial charge >= 0.3 is 0 Å². The highest BCUT2D eigenvalue weighted by Gasteiger charge is 2.23. The Balaban J connectivity index is 1.59. The van der Waals surface area contributed by atoms with E-state index in [0.29, 0.717) is 6.04 Å². The van der Waals surface area contributed by atoms with E-state index in [2.05, 4.69) is 57.8 Å². The average Bonchev–Trinajstić information content (AvgIpc) is 3.10. The van der Waals surface area contributed by atoms with Gasteiger partial charge in [0.2, 0.25) is 5.78 Å². The van der Waals surface area contributed by atoms with Gasteiger partial charge in [-0.3, -0.25) is 4.40 Å². The van der Waals surface area contributed by atoms with Crippen molar-refractivity contribution in [3.05, 3.63) is 64.2 Å². The summed E-state index contributed by atoms with van der Waals surface area (Å²) in [5.41, 5.74) is 7.77. The summed E-state index contributed by atoms with van der Waals surface area (Å²) < 4.78 is 2.14. The summed E-state index contributed by atoms with van der Waals surface area (Å²) in [6, 6.07) is 9.18. The standard InChI is InChI=1S/C19H22N4/c1-12-5-4-6-17-16(12)7-8-18(17)20-10-15-11-21-19-22-13(2)9-14(3)23(15)19/h4-6,9,11,18,20H,7-8,10H2,1-3H3/t18-/m0/s1. The molecule has 118 valence electrons. The van der Waals surface area contributed by atoms with Gasteiger partial charge in [-0.15, -0.1) is 0 Å². The van der Waals surface area contributed by atoms with Gasteiger partial charge in [0.25, 0.3) is 0 Å². The van der Waals surface area contributed by atoms with Crippen LogP contribution in [0.4, 0.5) is 0 Å². The van der Waals surface area contributed by atoms with Gasteiger partial charge in [0.15, 0.2) is 0 Å². The van der Waals surface area contributed by atoms with E-state index in [1.165, 1.54) is 40.9 Å². The molecular formula is C19H22N4. The van der Waals surface area contributed by atoms with Crippen LogP contribution in [0.25, 0.3) is 5.78 Å². The van der Waals surface area contributed by atoms with Crippen molar-refractivity contribution in [2.24, 2.45) is 0 Å². The molecule has 23 heavy (non-hydrogen) atoms. The number of aromatic nitrogens is 3. The molecule has 0 saturated heterocycles. The Morgan fingerprint density at radius 1 is 1.26 bits per heavy atom. The maximum atomic E-state index is 4.51. The molecular weight excluding hydrogens is 284 g/mol. The SMILES string of the molecule is Cc1cc(C)n2c(CN[C@H]3CCc4c(C)cccc43)cnc2n1. The van der Waals surface area contributed by atoms with Crippen molar-refractivity contribution in [3.63, 3.8) is 0 Å². The zero-order valence-corrected chi connectivity index (χ0v) is 13.9. The summed E-state index contributed by atoms with van der Waals surface area (Å²) in [5.74, 6) is 0.793. The molecule has 0 unspecified atom stereocenters. The minimum Gasteiger partial charge on any atom is -0.304 e. The number of hydrogen-bond donors (Lipinski definition) is 1. The number of fused-ring (bicyclic) bond motifs is 2. The molecule has 1 N–H and O–H groups in total. The molecule has 4 heteroatoms. The second kappa shape index (κ2) is 5.46. The summed E-state index contributed by atoms with van der Waals surface area (Å²) >= 11 is 0. The lowest BCUT2D eigenvalue weighted by atomic mass is 10.0. The minimum absolute atomic E-state index is 0.439. The molecule has 0 spiro atoms. The average molecular weight is 306 g/mol. The molecule has 0 amide bonds. The molecule has 1 aromatic carbocycles. The van der Waals surface area contributed by atoms with E-state index in [1.807, 2.05) is 13.1 Å². The maximum Gasteiger partial charge on any atom is 0.234 e. The monoisotopic (exact) mass is 306 g/mol. The first-order chi connectivity index (χ1) is 11.1. The van der Waals surface area contributed by atoms with E-state index in [9.17, 15) is 0 Å². The van der Waals surface area contributed by atoms with Gasteiger partial charge in [-0.05, 0) is 56.4 Å². The molecule has 1 atom stereocenters. The van der Waals surface area contributed by atoms with Crippen LogP contribution in [0.2, 0.25) is 0 Å². The quantitative estimate of drug-likeness (QED) is 0.806. The van der Waals surface area contributed by atoms with Crippen molar-refractivity contribution < 1.29 is 0 Å². The molecule has 4 nitrogen and oxygen atoms in total. The van der Waals surface area contributed by atoms with E-state index in [1.54, 1.807) is 0 Å². The summed E-state index contributed by atoms with van der Waals surface area (Å²) in [6.45, 7) is 7.15. The highest BCUT2D eigenvalue weighted by molar-refractivity contribution is 5.40. The zero-order valence-electron chi connectivity index (χ0n) is 13.9. The van der Waals surface area contributed by atoms with E-state index in [4.69, 9.17) is 0 Å². The van der Waals surface area contributed by atoms with E-state index in [-0.39, 0.29) is 0 Å². The Morgan fingerprint density at radius 2 is 2.13 bits per heavy atom. The number of imidazole rings is 1. The molecule has 2 aromatic heterocycles. The second-order valence-electron chi connectivity index (χ2n) is 6.54. The Hall–Kier alpha value is -2.20. The Bertz CT molecular complexity index is 878. The van der Waals surface area contributed by atoms with Crippen LogP contribution < -0.4 is 5.32 Å². The van der Waals surface area contributed by atoms with Gasteiger partial charge in [-0.25, -0.2) is 9.97 Å². The highest BCUT2D eigenvalue weighted by atomic mass is 15.1. The minimum atomic E-state index is 0.439. The summed E-state index contributed by atoms with van der Waals surface area (Å²) in [4.78, 5) is 8.96. The third-order valence-corrected chi connectivity index (χ3v) is 4.90. The van der Waals surface area contributed by atoms with Gasteiger partial charge in [-0.2, -0.15) is 0 Å². The summed E-state index contributed by atoms with van der Waals surface area (Å²) in [5, 5.41) is 3.71. The van der Waals surface area contributed by atoms with E-state index in [0.717, 1.165) is 18.0 Å². The fourth-order valence-electron chi connectivity index (χ4n) is 3.80. The van der Waals surface area contributed by atoms with Crippen LogP contribution in [0.1, 0.15) is 46.2 Å². The molecule has 4 rings (SSSR count). The third kappa shape index (κ3) is 2.43. The molecule has 2 heterocycles. The Morgan fingerprint density at radius 3 is 3.00 bits per heavy atom. The molecule has 1 aliphatic carbocycles. The fraction of sp³-hybridized carbons (Fsp3) is 0.368. The lowest BCUT2D eigenvalue weighted by Crippen LogP contribution is -2.20. The Labute approximate surface area is 136 Å². The van der Waals surface area contributed by atoms with Crippen molar-refractivity contribution in [2.75, 3.05) is 0 Å². The molecule has 0 saturated carbocycles. The van der Waals surface area contributed by atoms with Crippen LogP contribution >= 0.6 is 0 Å². The molecule has 1 aliphatic rings. The van der Waals surface area contributed by atoms with Crippen LogP contribution in [0.15, 0.2) is 30.5 Å². The summed E-state index contributed by atoms with van der Waals surface area (Å²) in [6.07, 6.45) is 4.29. The first-order valence-corrected chi connectivity index (χ1v) is 8.26. The second-order valence-corrected chi connectivity index (χ2v) is 6.54. The number of aryl methyl sites for hydroxylation is 3. The van der Waals surface area contributed by atoms with Gasteiger partial charge in [0, 0.05) is 24.0 Å². The highest BCUT2D eigenvalue weighted by Crippen LogP contribution is 2.33. The van der Waals surface area contributed by atoms with E-state index < -0.39 is 0 Å². The molecule has 0 fully saturated rings. The van der Waals surface area contributed by atoms with Gasteiger partial charge in [0.1, 0.15) is 0 Å². The van der Waals surface area contributed by atoms with Crippen molar-refractivity contribution in [1.82, 2.24) is 19.7 Å². The normalized spacial score (nSPS) is 16.9. The van der Waals surface area contributed by atoms with Crippen LogP contribution in [-0.4, -0.2) is 14.4 Å². The zero-order chi connectivity index (χ0) is 16.0. The fourth-order valence-corrected chi connectivity index (χ4v) is 3.80. The van der Waals surface area contributed by atoms with Crippen molar-refractivity contribution >= 4 is 5.78 Å². The third-order valence-electron chi connectivity index (χ3n) is 4.90. The van der Waals surface area contributed by atoms with Gasteiger partial charge in [-0.1, -0.05) is 18.2 Å². The number of rotatable bonds is 3.